The van der Waals surface area contributed by atoms with Crippen molar-refractivity contribution in [2.45, 2.75) is 47.0 Å². The first-order valence-electron chi connectivity index (χ1n) is 7.62. The first-order chi connectivity index (χ1) is 9.74. The molecule has 0 aliphatic carbocycles. The van der Waals surface area contributed by atoms with Gasteiger partial charge in [-0.15, -0.1) is 0 Å². The van der Waals surface area contributed by atoms with Gasteiger partial charge in [0, 0.05) is 19.6 Å². The molecule has 0 atom stereocenters. The lowest BCUT2D eigenvalue weighted by Crippen LogP contribution is -2.27. The van der Waals surface area contributed by atoms with Crippen LogP contribution in [0, 0.1) is 0 Å². The minimum Gasteiger partial charge on any atom is -0.464 e. The number of ether oxygens (including phenoxy) is 1. The van der Waals surface area contributed by atoms with Gasteiger partial charge in [-0.1, -0.05) is 20.8 Å². The van der Waals surface area contributed by atoms with Crippen LogP contribution in [0.2, 0.25) is 0 Å². The summed E-state index contributed by atoms with van der Waals surface area (Å²) < 4.78 is 5.44. The van der Waals surface area contributed by atoms with Crippen LogP contribution in [-0.4, -0.2) is 41.2 Å². The summed E-state index contributed by atoms with van der Waals surface area (Å²) in [7, 11) is 0. The van der Waals surface area contributed by atoms with Gasteiger partial charge < -0.3 is 15.0 Å². The van der Waals surface area contributed by atoms with E-state index in [9.17, 15) is 0 Å². The fourth-order valence-corrected chi connectivity index (χ4v) is 1.85. The van der Waals surface area contributed by atoms with Gasteiger partial charge in [-0.05, 0) is 26.2 Å². The average molecular weight is 281 g/mol. The maximum Gasteiger partial charge on any atom is 0.323 e. The molecule has 6 nitrogen and oxygen atoms in total. The molecule has 0 radical (unpaired) electrons. The second-order valence-corrected chi connectivity index (χ2v) is 4.59. The molecule has 6 heteroatoms. The van der Waals surface area contributed by atoms with Crippen molar-refractivity contribution in [2.24, 2.45) is 0 Å². The van der Waals surface area contributed by atoms with E-state index in [1.807, 2.05) is 6.92 Å². The normalized spacial score (nSPS) is 10.4. The van der Waals surface area contributed by atoms with Crippen molar-refractivity contribution < 1.29 is 4.74 Å². The van der Waals surface area contributed by atoms with Crippen LogP contribution in [0.3, 0.4) is 0 Å². The summed E-state index contributed by atoms with van der Waals surface area (Å²) in [4.78, 5) is 15.4. The largest absolute Gasteiger partial charge is 0.464 e. The monoisotopic (exact) mass is 281 g/mol. The Bertz CT molecular complexity index is 380. The van der Waals surface area contributed by atoms with Crippen molar-refractivity contribution in [3.05, 3.63) is 0 Å². The Labute approximate surface area is 122 Å². The van der Waals surface area contributed by atoms with Gasteiger partial charge in [0.25, 0.3) is 0 Å². The number of aromatic nitrogens is 3. The number of anilines is 2. The van der Waals surface area contributed by atoms with Crippen LogP contribution in [0.25, 0.3) is 0 Å². The Morgan fingerprint density at radius 2 is 1.65 bits per heavy atom. The van der Waals surface area contributed by atoms with Gasteiger partial charge in [0.2, 0.25) is 11.9 Å². The highest BCUT2D eigenvalue weighted by molar-refractivity contribution is 5.38. The third-order valence-corrected chi connectivity index (χ3v) is 2.68. The highest BCUT2D eigenvalue weighted by Crippen LogP contribution is 2.16. The van der Waals surface area contributed by atoms with Gasteiger partial charge in [-0.3, -0.25) is 0 Å². The fraction of sp³-hybridized carbons (Fsp3) is 0.786. The number of hydrogen-bond donors (Lipinski definition) is 1. The Kier molecular flexibility index (Phi) is 7.69. The van der Waals surface area contributed by atoms with E-state index < -0.39 is 0 Å². The van der Waals surface area contributed by atoms with Crippen LogP contribution < -0.4 is 15.0 Å². The van der Waals surface area contributed by atoms with E-state index in [4.69, 9.17) is 4.74 Å². The summed E-state index contributed by atoms with van der Waals surface area (Å²) in [6, 6.07) is 0.397. The zero-order chi connectivity index (χ0) is 14.8. The summed E-state index contributed by atoms with van der Waals surface area (Å²) in [5, 5.41) is 3.20. The highest BCUT2D eigenvalue weighted by atomic mass is 16.5. The van der Waals surface area contributed by atoms with Crippen LogP contribution in [0.5, 0.6) is 6.01 Å². The van der Waals surface area contributed by atoms with E-state index in [-0.39, 0.29) is 0 Å². The van der Waals surface area contributed by atoms with Crippen molar-refractivity contribution in [1.82, 2.24) is 15.0 Å². The first-order valence-corrected chi connectivity index (χ1v) is 7.62. The molecule has 0 aromatic carbocycles. The minimum absolute atomic E-state index is 0.397. The quantitative estimate of drug-likeness (QED) is 0.711. The van der Waals surface area contributed by atoms with E-state index in [1.54, 1.807) is 0 Å². The molecule has 0 aliphatic heterocycles. The lowest BCUT2D eigenvalue weighted by molar-refractivity contribution is 0.312. The van der Waals surface area contributed by atoms with Gasteiger partial charge in [0.1, 0.15) is 0 Å². The molecule has 1 N–H and O–H groups in total. The molecule has 0 bridgehead atoms. The Morgan fingerprint density at radius 3 is 2.20 bits per heavy atom. The van der Waals surface area contributed by atoms with Crippen LogP contribution in [0.4, 0.5) is 11.9 Å². The number of nitrogens with zero attached hydrogens (tertiary/aromatic N) is 4. The Balaban J connectivity index is 2.97. The molecular weight excluding hydrogens is 254 g/mol. The predicted molar refractivity (Wildman–Crippen MR) is 82.6 cm³/mol. The second kappa shape index (κ2) is 9.34. The molecule has 0 spiro atoms. The zero-order valence-electron chi connectivity index (χ0n) is 13.1. The molecule has 0 amide bonds. The van der Waals surface area contributed by atoms with Crippen LogP contribution in [-0.2, 0) is 0 Å². The summed E-state index contributed by atoms with van der Waals surface area (Å²) in [5.74, 6) is 1.29. The Morgan fingerprint density at radius 1 is 0.950 bits per heavy atom. The average Bonchev–Trinajstić information content (AvgIpc) is 2.45. The molecule has 20 heavy (non-hydrogen) atoms. The molecule has 0 unspecified atom stereocenters. The SMILES string of the molecule is CCCNc1nc(OCC)nc(N(CCC)CCC)n1. The highest BCUT2D eigenvalue weighted by Gasteiger charge is 2.13. The topological polar surface area (TPSA) is 63.2 Å². The molecule has 114 valence electrons. The molecule has 0 fully saturated rings. The maximum atomic E-state index is 5.44. The van der Waals surface area contributed by atoms with Gasteiger partial charge in [0.15, 0.2) is 0 Å². The lowest BCUT2D eigenvalue weighted by Gasteiger charge is -2.22. The summed E-state index contributed by atoms with van der Waals surface area (Å²) in [6.07, 6.45) is 3.15. The number of hydrogen-bond acceptors (Lipinski definition) is 6. The molecule has 1 rings (SSSR count). The van der Waals surface area contributed by atoms with Crippen LogP contribution in [0.1, 0.15) is 47.0 Å². The molecule has 1 aromatic heterocycles. The Hall–Kier alpha value is -1.59. The van der Waals surface area contributed by atoms with Gasteiger partial charge in [-0.25, -0.2) is 0 Å². The standard InChI is InChI=1S/C14H27N5O/c1-5-9-15-12-16-13(18-14(17-12)20-8-4)19(10-6-2)11-7-3/h5-11H2,1-4H3,(H,15,16,17,18). The third kappa shape index (κ3) is 5.19. The first kappa shape index (κ1) is 16.5. The third-order valence-electron chi connectivity index (χ3n) is 2.68. The molecule has 0 aliphatic rings. The van der Waals surface area contributed by atoms with Gasteiger partial charge in [-0.2, -0.15) is 15.0 Å². The maximum absolute atomic E-state index is 5.44. The second-order valence-electron chi connectivity index (χ2n) is 4.59. The lowest BCUT2D eigenvalue weighted by atomic mass is 10.4. The van der Waals surface area contributed by atoms with E-state index in [0.717, 1.165) is 38.9 Å². The summed E-state index contributed by atoms with van der Waals surface area (Å²) in [5.41, 5.74) is 0. The van der Waals surface area contributed by atoms with Crippen molar-refractivity contribution in [1.29, 1.82) is 0 Å². The predicted octanol–water partition coefficient (Wildman–Crippen LogP) is 2.72. The number of rotatable bonds is 10. The zero-order valence-corrected chi connectivity index (χ0v) is 13.1. The van der Waals surface area contributed by atoms with Crippen molar-refractivity contribution in [3.63, 3.8) is 0 Å². The summed E-state index contributed by atoms with van der Waals surface area (Å²) in [6.45, 7) is 11.6. The molecule has 1 aromatic rings. The van der Waals surface area contributed by atoms with E-state index >= 15 is 0 Å². The van der Waals surface area contributed by atoms with Gasteiger partial charge in [0.05, 0.1) is 6.61 Å². The van der Waals surface area contributed by atoms with Gasteiger partial charge >= 0.3 is 6.01 Å². The van der Waals surface area contributed by atoms with Crippen LogP contribution in [0.15, 0.2) is 0 Å². The van der Waals surface area contributed by atoms with Crippen molar-refractivity contribution in [3.8, 4) is 6.01 Å². The fourth-order valence-electron chi connectivity index (χ4n) is 1.85. The molecule has 0 saturated heterocycles. The minimum atomic E-state index is 0.397. The van der Waals surface area contributed by atoms with E-state index in [1.165, 1.54) is 0 Å². The van der Waals surface area contributed by atoms with E-state index in [2.05, 4.69) is 45.9 Å². The van der Waals surface area contributed by atoms with Crippen molar-refractivity contribution >= 4 is 11.9 Å². The molecule has 1 heterocycles. The molecular formula is C14H27N5O. The van der Waals surface area contributed by atoms with Crippen molar-refractivity contribution in [2.75, 3.05) is 36.5 Å². The van der Waals surface area contributed by atoms with Crippen LogP contribution >= 0.6 is 0 Å². The number of nitrogens with one attached hydrogen (secondary N) is 1. The summed E-state index contributed by atoms with van der Waals surface area (Å²) >= 11 is 0. The smallest absolute Gasteiger partial charge is 0.323 e. The molecule has 0 saturated carbocycles. The van der Waals surface area contributed by atoms with E-state index in [0.29, 0.717) is 24.5 Å².